The standard InChI is InChI=1S/4C19H12N3.C8H7N4.C6H5NO2.C5H4N2O2.C5H12O2.4Pt/c4*1-2-8-14(9-3-1)21-17-12-6-7-13-18(17)22-16-11-5-4-10-15(16)20-19(21)22;1-6-10-8(12-11-6)7-4-2-3-5-9-7;8-6(9)5-3-1-2-4-7-5;8-5(9)4-3-6-1-2-7-4;1-4(6)3-5(2)7;;;;/h4*1-8,10-13H;2-5H,1H3;1-4H,(H,8,9);1-3H,(H,8,9);4-7H,3H2,1-2H3;;;;/q5*-1;;;;;;;+2. The van der Waals surface area contributed by atoms with E-state index < -0.39 is 11.9 Å². The Hall–Kier alpha value is -14.1. The molecule has 25 nitrogen and oxygen atoms in total. The monoisotopic (exact) mass is 2420 g/mol. The zero-order chi connectivity index (χ0) is 85.7. The zero-order valence-electron chi connectivity index (χ0n) is 68.8. The Balaban J connectivity index is 0.000000129. The molecule has 24 rings (SSSR count). The van der Waals surface area contributed by atoms with Crippen LogP contribution in [0.5, 0.6) is 0 Å². The van der Waals surface area contributed by atoms with Gasteiger partial charge in [0, 0.05) is 93.8 Å². The van der Waals surface area contributed by atoms with Gasteiger partial charge in [0.05, 0.1) is 112 Å². The van der Waals surface area contributed by atoms with Crippen molar-refractivity contribution in [2.24, 2.45) is 0 Å². The van der Waals surface area contributed by atoms with Gasteiger partial charge in [-0.1, -0.05) is 132 Å². The van der Waals surface area contributed by atoms with E-state index in [9.17, 15) is 9.59 Å². The number of hydrogen-bond donors (Lipinski definition) is 4. The van der Waals surface area contributed by atoms with Crippen molar-refractivity contribution in [1.29, 1.82) is 0 Å². The third-order valence-electron chi connectivity index (χ3n) is 20.0. The smallest absolute Gasteiger partial charge is 0.477 e. The number of aryl methyl sites for hydroxylation is 1. The Morgan fingerprint density at radius 1 is 0.333 bits per heavy atom. The van der Waals surface area contributed by atoms with Crippen LogP contribution in [0.4, 0.5) is 0 Å². The number of para-hydroxylation sites is 20. The SMILES string of the molecule is CC(O)CC(C)O.Cc1n[n-]c(-c2ccccn2)n1.O=C(O)c1ccccn1.O=C(O)c1cnccn1.[Pt+2].[Pt].[Pt].[Pt].[c-]1ccccc1-n1c2ccccc2n2c3ccccc3nc12.[c-]1ccccc1-n1c2ccccc2n2c3ccccc3nc12.[c-]1ccccc1-n1c2ccccc2n2c3ccccc3nc12.[c-]1ccccc1-n1c2ccccc2n2c3ccccc3nc12. The Kier molecular flexibility index (Phi) is 30.8. The van der Waals surface area contributed by atoms with Gasteiger partial charge in [-0.3, -0.25) is 32.7 Å². The fourth-order valence-electron chi connectivity index (χ4n) is 14.8. The molecule has 0 aliphatic rings. The molecule has 0 fully saturated rings. The van der Waals surface area contributed by atoms with Gasteiger partial charge in [0.25, 0.3) is 0 Å². The molecule has 129 heavy (non-hydrogen) atoms. The van der Waals surface area contributed by atoms with Crippen LogP contribution in [-0.2, 0) is 84.3 Å². The Morgan fingerprint density at radius 3 is 0.853 bits per heavy atom. The number of hydrogen-bond acceptors (Lipinski definition) is 14. The van der Waals surface area contributed by atoms with Crippen LogP contribution < -0.4 is 5.10 Å². The van der Waals surface area contributed by atoms with E-state index in [-0.39, 0.29) is 108 Å². The summed E-state index contributed by atoms with van der Waals surface area (Å²) in [6.45, 7) is 5.12. The third kappa shape index (κ3) is 20.0. The van der Waals surface area contributed by atoms with Crippen LogP contribution in [0.25, 0.3) is 146 Å². The van der Waals surface area contributed by atoms with E-state index in [1.807, 2.05) is 115 Å². The van der Waals surface area contributed by atoms with Crippen molar-refractivity contribution in [2.75, 3.05) is 0 Å². The number of carbonyl (C=O) groups is 2. The topological polar surface area (TPSA) is 295 Å². The number of aliphatic hydroxyl groups is 2. The first kappa shape index (κ1) is 92.5. The molecule has 24 aromatic rings. The number of benzene rings is 12. The molecule has 0 aliphatic carbocycles. The molecule has 0 bridgehead atoms. The van der Waals surface area contributed by atoms with E-state index in [0.29, 0.717) is 18.1 Å². The maximum atomic E-state index is 10.1. The number of carboxylic acid groups (broad SMARTS) is 2. The van der Waals surface area contributed by atoms with E-state index in [2.05, 4.69) is 289 Å². The number of imidazole rings is 8. The van der Waals surface area contributed by atoms with Gasteiger partial charge in [-0.2, -0.15) is 97.1 Å². The number of fused-ring (bicyclic) bond motifs is 20. The Bertz CT molecular complexity index is 7030. The molecule has 4 N–H and O–H groups in total. The van der Waals surface area contributed by atoms with E-state index in [1.54, 1.807) is 39.1 Å². The fourth-order valence-corrected chi connectivity index (χ4v) is 14.8. The molecule has 650 valence electrons. The van der Waals surface area contributed by atoms with E-state index >= 15 is 0 Å². The second kappa shape index (κ2) is 42.9. The molecule has 0 aliphatic heterocycles. The number of nitrogens with zero attached hydrogens (tertiary/aromatic N) is 19. The van der Waals surface area contributed by atoms with Crippen LogP contribution in [0.1, 0.15) is 47.1 Å². The van der Waals surface area contributed by atoms with Crippen molar-refractivity contribution in [3.8, 4) is 34.3 Å². The largest absolute Gasteiger partial charge is 2.00 e. The van der Waals surface area contributed by atoms with Gasteiger partial charge in [-0.15, -0.1) is 24.3 Å². The molecule has 2 atom stereocenters. The first-order chi connectivity index (χ1) is 61.3. The maximum Gasteiger partial charge on any atom is 2.00 e. The summed E-state index contributed by atoms with van der Waals surface area (Å²) in [7, 11) is 0. The number of aliphatic hydroxyl groups excluding tert-OH is 2. The van der Waals surface area contributed by atoms with Crippen molar-refractivity contribution in [3.05, 3.63) is 400 Å². The molecule has 2 unspecified atom stereocenters. The Morgan fingerprint density at radius 2 is 0.620 bits per heavy atom. The molecule has 12 aromatic carbocycles. The van der Waals surface area contributed by atoms with E-state index in [4.69, 9.17) is 40.4 Å². The zero-order valence-corrected chi connectivity index (χ0v) is 77.9. The van der Waals surface area contributed by atoms with Gasteiger partial charge in [0.2, 0.25) is 23.1 Å². The summed E-state index contributed by atoms with van der Waals surface area (Å²) in [6.07, 6.45) is 6.84. The summed E-state index contributed by atoms with van der Waals surface area (Å²) >= 11 is 0. The van der Waals surface area contributed by atoms with E-state index in [1.165, 1.54) is 30.9 Å². The summed E-state index contributed by atoms with van der Waals surface area (Å²) in [6, 6.07) is 122. The first-order valence-corrected chi connectivity index (χ1v) is 39.9. The summed E-state index contributed by atoms with van der Waals surface area (Å²) in [5, 5.41) is 41.4. The van der Waals surface area contributed by atoms with Crippen LogP contribution in [-0.4, -0.2) is 130 Å². The molecule has 0 amide bonds. The molecular weight excluding hydrogens is 2340 g/mol. The Labute approximate surface area is 795 Å². The van der Waals surface area contributed by atoms with Crippen molar-refractivity contribution < 1.29 is 114 Å². The van der Waals surface area contributed by atoms with Gasteiger partial charge in [-0.25, -0.2) is 39.5 Å². The fraction of sp³-hybridized carbons (Fsp3) is 0.0600. The van der Waals surface area contributed by atoms with Gasteiger partial charge in [-0.05, 0) is 154 Å². The number of pyridine rings is 2. The van der Waals surface area contributed by atoms with Gasteiger partial charge in [0.15, 0.2) is 5.69 Å². The normalized spacial score (nSPS) is 11.1. The first-order valence-electron chi connectivity index (χ1n) is 39.9. The van der Waals surface area contributed by atoms with Crippen molar-refractivity contribution in [3.63, 3.8) is 0 Å². The quantitative estimate of drug-likeness (QED) is 0.0976. The molecule has 0 spiro atoms. The second-order valence-electron chi connectivity index (χ2n) is 28.5. The van der Waals surface area contributed by atoms with Crippen molar-refractivity contribution in [1.82, 2.24) is 90.9 Å². The number of aromatic nitrogens is 19. The van der Waals surface area contributed by atoms with Crippen molar-refractivity contribution in [2.45, 2.75) is 39.4 Å². The number of carboxylic acids is 2. The number of rotatable bonds is 9. The van der Waals surface area contributed by atoms with Crippen LogP contribution in [0, 0.1) is 31.2 Å². The van der Waals surface area contributed by atoms with Crippen LogP contribution in [0.3, 0.4) is 0 Å². The molecule has 0 radical (unpaired) electrons. The summed E-state index contributed by atoms with van der Waals surface area (Å²) in [5.74, 6) is 2.91. The van der Waals surface area contributed by atoms with Crippen molar-refractivity contribution >= 4 is 123 Å². The second-order valence-corrected chi connectivity index (χ2v) is 28.5. The minimum atomic E-state index is -1.05. The molecule has 0 saturated heterocycles. The predicted molar refractivity (Wildman–Crippen MR) is 485 cm³/mol. The van der Waals surface area contributed by atoms with Crippen LogP contribution in [0.15, 0.2) is 359 Å². The molecular formula is C100H76N19O6Pt4-3. The predicted octanol–water partition coefficient (Wildman–Crippen LogP) is 18.8. The summed E-state index contributed by atoms with van der Waals surface area (Å²) in [4.78, 5) is 58.4. The molecule has 29 heteroatoms. The van der Waals surface area contributed by atoms with Gasteiger partial charge in [0.1, 0.15) is 5.69 Å². The minimum Gasteiger partial charge on any atom is -0.477 e. The van der Waals surface area contributed by atoms with Gasteiger partial charge < -0.3 is 48.8 Å². The summed E-state index contributed by atoms with van der Waals surface area (Å²) in [5.41, 5.74) is 22.5. The molecule has 12 aromatic heterocycles. The summed E-state index contributed by atoms with van der Waals surface area (Å²) < 4.78 is 17.5. The van der Waals surface area contributed by atoms with E-state index in [0.717, 1.165) is 140 Å². The molecule has 12 heterocycles. The van der Waals surface area contributed by atoms with Gasteiger partial charge >= 0.3 is 33.0 Å². The average Bonchev–Trinajstić information content (AvgIpc) is 1.59. The number of aromatic carboxylic acids is 2. The average molecular weight is 2420 g/mol. The minimum absolute atomic E-state index is 0. The van der Waals surface area contributed by atoms with Crippen LogP contribution >= 0.6 is 0 Å². The maximum absolute atomic E-state index is 10.1. The molecule has 0 saturated carbocycles. The van der Waals surface area contributed by atoms with Crippen LogP contribution in [0.2, 0.25) is 0 Å². The third-order valence-corrected chi connectivity index (χ3v) is 20.0.